The van der Waals surface area contributed by atoms with Crippen molar-refractivity contribution in [3.63, 3.8) is 0 Å². The van der Waals surface area contributed by atoms with Gasteiger partial charge in [0.05, 0.1) is 0 Å². The van der Waals surface area contributed by atoms with Crippen LogP contribution in [0, 0.1) is 0 Å². The predicted octanol–water partition coefficient (Wildman–Crippen LogP) is 1.64. The Morgan fingerprint density at radius 3 is 1.20 bits per heavy atom. The van der Waals surface area contributed by atoms with E-state index in [1.807, 2.05) is 0 Å². The van der Waals surface area contributed by atoms with Crippen LogP contribution in [0.5, 0.6) is 0 Å². The van der Waals surface area contributed by atoms with Crippen LogP contribution in [0.2, 0.25) is 28.9 Å². The molecule has 0 aliphatic heterocycles. The molecule has 0 heterocycles. The van der Waals surface area contributed by atoms with E-state index in [4.69, 9.17) is 5.68 Å². The SMILES string of the molecule is [CH3][Al]([CH3])[O][Al]([CH3])[O][Al]([CH3])[CH3]. The Balaban J connectivity index is 3.34. The van der Waals surface area contributed by atoms with E-state index < -0.39 is 43.8 Å². The van der Waals surface area contributed by atoms with E-state index in [0.717, 1.165) is 0 Å². The Bertz CT molecular complexity index is 77.0. The highest BCUT2D eigenvalue weighted by Gasteiger charge is 2.21. The van der Waals surface area contributed by atoms with E-state index in [9.17, 15) is 0 Å². The second-order valence-electron chi connectivity index (χ2n) is 2.94. The van der Waals surface area contributed by atoms with E-state index in [2.05, 4.69) is 28.9 Å². The zero-order valence-electron chi connectivity index (χ0n) is 7.55. The minimum atomic E-state index is -1.19. The molecule has 0 saturated carbocycles. The topological polar surface area (TPSA) is 18.5 Å². The van der Waals surface area contributed by atoms with Crippen molar-refractivity contribution in [2.24, 2.45) is 0 Å². The summed E-state index contributed by atoms with van der Waals surface area (Å²) >= 11 is -2.85. The summed E-state index contributed by atoms with van der Waals surface area (Å²) < 4.78 is 11.3. The first-order chi connectivity index (χ1) is 4.52. The molecular weight excluding hydrogens is 173 g/mol. The van der Waals surface area contributed by atoms with Crippen molar-refractivity contribution in [1.29, 1.82) is 0 Å². The molecule has 0 aliphatic rings. The maximum atomic E-state index is 5.65. The highest BCUT2D eigenvalue weighted by molar-refractivity contribution is 6.66. The minimum absolute atomic E-state index is 0.828. The zero-order valence-corrected chi connectivity index (χ0v) is 11.0. The molecular formula is C5H15Al3O2. The van der Waals surface area contributed by atoms with Crippen molar-refractivity contribution in [2.45, 2.75) is 28.9 Å². The fraction of sp³-hybridized carbons (Fsp3) is 1.00. The van der Waals surface area contributed by atoms with Crippen LogP contribution in [0.3, 0.4) is 0 Å². The summed E-state index contributed by atoms with van der Waals surface area (Å²) in [6.45, 7) is 0. The molecule has 0 spiro atoms. The molecule has 0 aromatic carbocycles. The van der Waals surface area contributed by atoms with Gasteiger partial charge in [-0.1, -0.05) is 28.9 Å². The Labute approximate surface area is 78.0 Å². The van der Waals surface area contributed by atoms with Crippen LogP contribution in [0.15, 0.2) is 0 Å². The van der Waals surface area contributed by atoms with Crippen molar-refractivity contribution < 1.29 is 5.68 Å². The van der Waals surface area contributed by atoms with E-state index in [1.54, 1.807) is 0 Å². The van der Waals surface area contributed by atoms with Gasteiger partial charge >= 0.3 is 43.8 Å². The summed E-state index contributed by atoms with van der Waals surface area (Å²) in [7, 11) is 0. The van der Waals surface area contributed by atoms with Gasteiger partial charge in [-0.25, -0.2) is 0 Å². The fourth-order valence-electron chi connectivity index (χ4n) is 0.799. The fourth-order valence-corrected chi connectivity index (χ4v) is 7.77. The van der Waals surface area contributed by atoms with Gasteiger partial charge in [-0.2, -0.15) is 0 Å². The zero-order chi connectivity index (χ0) is 8.15. The van der Waals surface area contributed by atoms with Crippen LogP contribution in [0.4, 0.5) is 0 Å². The van der Waals surface area contributed by atoms with Crippen molar-refractivity contribution in [3.05, 3.63) is 0 Å². The van der Waals surface area contributed by atoms with Crippen LogP contribution < -0.4 is 0 Å². The Morgan fingerprint density at radius 2 is 1.00 bits per heavy atom. The third-order valence-electron chi connectivity index (χ3n) is 0.928. The molecule has 0 N–H and O–H groups in total. The molecule has 0 rings (SSSR count). The van der Waals surface area contributed by atoms with Crippen molar-refractivity contribution >= 4 is 43.8 Å². The first kappa shape index (κ1) is 11.5. The average Bonchev–Trinajstić information content (AvgIpc) is 1.58. The van der Waals surface area contributed by atoms with Crippen molar-refractivity contribution in [2.75, 3.05) is 0 Å². The summed E-state index contributed by atoms with van der Waals surface area (Å²) in [5.41, 5.74) is 0. The lowest BCUT2D eigenvalue weighted by Crippen LogP contribution is -2.29. The normalized spacial score (nSPS) is 9.30. The lowest BCUT2D eigenvalue weighted by molar-refractivity contribution is 0.449. The minimum Gasteiger partial charge on any atom is -0.616 e. The standard InChI is InChI=1S/5CH3.3Al.2O/h5*1H3;;;;;. The highest BCUT2D eigenvalue weighted by Crippen LogP contribution is 1.95. The van der Waals surface area contributed by atoms with Crippen molar-refractivity contribution in [1.82, 2.24) is 0 Å². The summed E-state index contributed by atoms with van der Waals surface area (Å²) in [6, 6.07) is 0. The molecule has 0 aliphatic carbocycles. The quantitative estimate of drug-likeness (QED) is 0.624. The van der Waals surface area contributed by atoms with Crippen LogP contribution in [0.1, 0.15) is 0 Å². The van der Waals surface area contributed by atoms with Crippen LogP contribution in [-0.4, -0.2) is 43.8 Å². The maximum absolute atomic E-state index is 5.65. The molecule has 0 fully saturated rings. The smallest absolute Gasteiger partial charge is 0.609 e. The average molecular weight is 188 g/mol. The van der Waals surface area contributed by atoms with Gasteiger partial charge in [0.1, 0.15) is 0 Å². The van der Waals surface area contributed by atoms with Crippen molar-refractivity contribution in [3.8, 4) is 0 Å². The molecule has 0 aromatic heterocycles. The van der Waals surface area contributed by atoms with Crippen LogP contribution in [0.25, 0.3) is 0 Å². The van der Waals surface area contributed by atoms with Gasteiger partial charge in [0, 0.05) is 0 Å². The number of hydrogen-bond acceptors (Lipinski definition) is 2. The molecule has 0 saturated heterocycles. The summed E-state index contributed by atoms with van der Waals surface area (Å²) in [5.74, 6) is 10.9. The van der Waals surface area contributed by atoms with Gasteiger partial charge in [-0.15, -0.1) is 0 Å². The van der Waals surface area contributed by atoms with Gasteiger partial charge in [-0.05, 0) is 0 Å². The first-order valence-corrected chi connectivity index (χ1v) is 11.5. The van der Waals surface area contributed by atoms with Gasteiger partial charge < -0.3 is 5.68 Å². The van der Waals surface area contributed by atoms with Gasteiger partial charge in [0.25, 0.3) is 0 Å². The molecule has 2 nitrogen and oxygen atoms in total. The molecule has 5 heteroatoms. The number of hydrogen-bond donors (Lipinski definition) is 0. The van der Waals surface area contributed by atoms with E-state index in [1.165, 1.54) is 0 Å². The molecule has 0 unspecified atom stereocenters. The highest BCUT2D eigenvalue weighted by atomic mass is 27.3. The third-order valence-corrected chi connectivity index (χ3v) is 8.35. The summed E-state index contributed by atoms with van der Waals surface area (Å²) in [5, 5.41) is 0. The van der Waals surface area contributed by atoms with E-state index in [-0.39, 0.29) is 0 Å². The predicted molar refractivity (Wildman–Crippen MR) is 48.8 cm³/mol. The van der Waals surface area contributed by atoms with E-state index >= 15 is 0 Å². The van der Waals surface area contributed by atoms with Gasteiger partial charge in [-0.3, -0.25) is 0 Å². The Hall–Kier alpha value is 1.52. The third kappa shape index (κ3) is 7.62. The summed E-state index contributed by atoms with van der Waals surface area (Å²) in [4.78, 5) is 0. The lowest BCUT2D eigenvalue weighted by Gasteiger charge is -2.13. The second kappa shape index (κ2) is 6.08. The summed E-state index contributed by atoms with van der Waals surface area (Å²) in [6.07, 6.45) is 0. The van der Waals surface area contributed by atoms with Gasteiger partial charge in [0.15, 0.2) is 0 Å². The van der Waals surface area contributed by atoms with Crippen LogP contribution in [-0.2, 0) is 5.68 Å². The Morgan fingerprint density at radius 1 is 0.700 bits per heavy atom. The first-order valence-electron chi connectivity index (χ1n) is 3.83. The largest absolute Gasteiger partial charge is 0.616 e. The molecule has 0 radical (unpaired) electrons. The lowest BCUT2D eigenvalue weighted by atomic mass is 11.9. The molecule has 0 amide bonds. The molecule has 0 bridgehead atoms. The number of rotatable bonds is 4. The molecule has 0 atom stereocenters. The van der Waals surface area contributed by atoms with E-state index in [0.29, 0.717) is 0 Å². The molecule has 10 heavy (non-hydrogen) atoms. The van der Waals surface area contributed by atoms with Gasteiger partial charge in [0.2, 0.25) is 0 Å². The monoisotopic (exact) mass is 188 g/mol. The molecule has 56 valence electrons. The second-order valence-corrected chi connectivity index (χ2v) is 10.4. The van der Waals surface area contributed by atoms with Crippen LogP contribution >= 0.6 is 0 Å². The maximum Gasteiger partial charge on any atom is 0.609 e. The Kier molecular flexibility index (Phi) is 7.00. The molecule has 0 aromatic rings.